The fraction of sp³-hybridized carbons (Fsp3) is 1.00. The van der Waals surface area contributed by atoms with Crippen LogP contribution in [0.4, 0.5) is 0 Å². The van der Waals surface area contributed by atoms with Crippen LogP contribution in [-0.2, 0) is 20.9 Å². The zero-order valence-electron chi connectivity index (χ0n) is 10.4. The highest BCUT2D eigenvalue weighted by Crippen LogP contribution is 2.53. The van der Waals surface area contributed by atoms with E-state index in [2.05, 4.69) is 26.1 Å². The molecule has 0 rings (SSSR count). The summed E-state index contributed by atoms with van der Waals surface area (Å²) in [7, 11) is 0. The molecule has 0 bridgehead atoms. The van der Waals surface area contributed by atoms with E-state index in [0.29, 0.717) is 13.2 Å². The Bertz CT molecular complexity index is 158. The average molecular weight is 379 g/mol. The van der Waals surface area contributed by atoms with E-state index in [1.54, 1.807) is 0 Å². The van der Waals surface area contributed by atoms with Crippen LogP contribution in [0.25, 0.3) is 0 Å². The van der Waals surface area contributed by atoms with Gasteiger partial charge in [0.05, 0.1) is 13.2 Å². The number of rotatable bonds is 8. The van der Waals surface area contributed by atoms with Crippen molar-refractivity contribution in [3.05, 3.63) is 0 Å². The predicted molar refractivity (Wildman–Crippen MR) is 107 cm³/mol. The van der Waals surface area contributed by atoms with Gasteiger partial charge in [0.15, 0.2) is 0 Å². The molecule has 0 spiro atoms. The minimum atomic E-state index is -2.22. The lowest BCUT2D eigenvalue weighted by Crippen LogP contribution is -1.94. The summed E-state index contributed by atoms with van der Waals surface area (Å²) in [5, 5.41) is 0. The molecule has 9 heteroatoms. The summed E-state index contributed by atoms with van der Waals surface area (Å²) in [4.78, 5) is 0. The van der Waals surface area contributed by atoms with E-state index >= 15 is 0 Å². The van der Waals surface area contributed by atoms with E-state index in [0.717, 1.165) is 25.7 Å². The molecule has 0 aromatic heterocycles. The highest BCUT2D eigenvalue weighted by molar-refractivity contribution is 8.60. The van der Waals surface area contributed by atoms with Crippen molar-refractivity contribution in [3.8, 4) is 0 Å². The third-order valence-corrected chi connectivity index (χ3v) is 3.85. The molecule has 0 N–H and O–H groups in total. The summed E-state index contributed by atoms with van der Waals surface area (Å²) < 4.78 is 10.8. The second kappa shape index (κ2) is 20.6. The van der Waals surface area contributed by atoms with Gasteiger partial charge in [0.1, 0.15) is 0 Å². The van der Waals surface area contributed by atoms with Crippen LogP contribution in [0.3, 0.4) is 0 Å². The molecule has 0 saturated heterocycles. The lowest BCUT2D eigenvalue weighted by Gasteiger charge is -2.15. The molecule has 0 unspecified atom stereocenters. The first-order valence-electron chi connectivity index (χ1n) is 4.74. The van der Waals surface area contributed by atoms with E-state index in [1.807, 2.05) is 0 Å². The molecule has 0 atom stereocenters. The van der Waals surface area contributed by atoms with E-state index in [4.69, 9.17) is 20.9 Å². The topological polar surface area (TPSA) is 18.5 Å². The lowest BCUT2D eigenvalue weighted by atomic mass is 10.4. The maximum absolute atomic E-state index is 5.38. The first kappa shape index (κ1) is 31.6. The Morgan fingerprint density at radius 2 is 1.18 bits per heavy atom. The molecule has 0 aliphatic rings. The standard InChI is InChI=1S/C8H19O2PS2.4H2S/c1-3-5-7-9-11(12,13)10-8-6-4-2;;;;/h3-8H2,1-2H3,(H,12,13);4*1H2. The van der Waals surface area contributed by atoms with E-state index in [9.17, 15) is 0 Å². The minimum absolute atomic E-state index is 0. The summed E-state index contributed by atoms with van der Waals surface area (Å²) in [6.45, 7) is 5.57. The van der Waals surface area contributed by atoms with Gasteiger partial charge in [-0.3, -0.25) is 0 Å². The van der Waals surface area contributed by atoms with Crippen molar-refractivity contribution in [1.82, 2.24) is 0 Å². The summed E-state index contributed by atoms with van der Waals surface area (Å²) in [5.74, 6) is 0. The second-order valence-corrected chi connectivity index (χ2v) is 8.13. The molecule has 0 heterocycles. The van der Waals surface area contributed by atoms with Crippen LogP contribution in [0.2, 0.25) is 0 Å². The summed E-state index contributed by atoms with van der Waals surface area (Å²) in [5.41, 5.74) is -2.22. The molecule has 112 valence electrons. The van der Waals surface area contributed by atoms with Gasteiger partial charge in [0.25, 0.3) is 0 Å². The van der Waals surface area contributed by atoms with Crippen LogP contribution < -0.4 is 0 Å². The Morgan fingerprint density at radius 3 is 1.41 bits per heavy atom. The van der Waals surface area contributed by atoms with Gasteiger partial charge in [0.2, 0.25) is 5.69 Å². The molecular formula is C8H27O2PS6. The molecule has 2 nitrogen and oxygen atoms in total. The molecule has 0 fully saturated rings. The Morgan fingerprint density at radius 1 is 0.882 bits per heavy atom. The smallest absolute Gasteiger partial charge is 0.244 e. The van der Waals surface area contributed by atoms with Crippen LogP contribution >= 0.6 is 71.9 Å². The Labute approximate surface area is 144 Å². The Kier molecular flexibility index (Phi) is 38.4. The van der Waals surface area contributed by atoms with Crippen molar-refractivity contribution in [2.24, 2.45) is 0 Å². The third kappa shape index (κ3) is 23.8. The molecule has 0 aliphatic carbocycles. The van der Waals surface area contributed by atoms with Crippen molar-refractivity contribution in [2.45, 2.75) is 39.5 Å². The van der Waals surface area contributed by atoms with Crippen LogP contribution in [0.1, 0.15) is 39.5 Å². The summed E-state index contributed by atoms with van der Waals surface area (Å²) >= 11 is 9.31. The van der Waals surface area contributed by atoms with Gasteiger partial charge in [-0.15, -0.1) is 0 Å². The lowest BCUT2D eigenvalue weighted by molar-refractivity contribution is 0.253. The Hall–Kier alpha value is 2.32. The van der Waals surface area contributed by atoms with Crippen molar-refractivity contribution >= 4 is 83.7 Å². The van der Waals surface area contributed by atoms with E-state index in [-0.39, 0.29) is 54.0 Å². The van der Waals surface area contributed by atoms with Crippen LogP contribution in [0.5, 0.6) is 0 Å². The maximum atomic E-state index is 5.38. The molecule has 0 saturated carbocycles. The highest BCUT2D eigenvalue weighted by atomic mass is 32.9. The summed E-state index contributed by atoms with van der Waals surface area (Å²) in [6, 6.07) is 0. The highest BCUT2D eigenvalue weighted by Gasteiger charge is 2.11. The van der Waals surface area contributed by atoms with Crippen molar-refractivity contribution < 1.29 is 9.05 Å². The number of hydrogen-bond acceptors (Lipinski definition) is 3. The zero-order valence-corrected chi connectivity index (χ0v) is 17.0. The van der Waals surface area contributed by atoms with Crippen molar-refractivity contribution in [1.29, 1.82) is 0 Å². The largest absolute Gasteiger partial charge is 0.322 e. The molecule has 17 heavy (non-hydrogen) atoms. The minimum Gasteiger partial charge on any atom is -0.322 e. The zero-order chi connectivity index (χ0) is 10.2. The first-order valence-corrected chi connectivity index (χ1v) is 8.53. The molecular weight excluding hydrogens is 351 g/mol. The van der Waals surface area contributed by atoms with Gasteiger partial charge in [-0.2, -0.15) is 54.0 Å². The predicted octanol–water partition coefficient (Wildman–Crippen LogP) is 4.23. The fourth-order valence-electron chi connectivity index (χ4n) is 0.686. The van der Waals surface area contributed by atoms with Crippen molar-refractivity contribution in [3.63, 3.8) is 0 Å². The van der Waals surface area contributed by atoms with Gasteiger partial charge >= 0.3 is 0 Å². The monoisotopic (exact) mass is 378 g/mol. The normalized spacial score (nSPS) is 9.12. The van der Waals surface area contributed by atoms with Gasteiger partial charge < -0.3 is 9.05 Å². The maximum Gasteiger partial charge on any atom is 0.244 e. The molecule has 0 amide bonds. The van der Waals surface area contributed by atoms with E-state index in [1.165, 1.54) is 0 Å². The molecule has 0 radical (unpaired) electrons. The quantitative estimate of drug-likeness (QED) is 0.387. The van der Waals surface area contributed by atoms with Gasteiger partial charge in [-0.1, -0.05) is 38.9 Å². The molecule has 0 aromatic rings. The van der Waals surface area contributed by atoms with E-state index < -0.39 is 5.69 Å². The van der Waals surface area contributed by atoms with Gasteiger partial charge in [0, 0.05) is 0 Å². The fourth-order valence-corrected chi connectivity index (χ4v) is 2.42. The molecule has 0 aliphatic heterocycles. The Balaban J connectivity index is -0.000000120. The van der Waals surface area contributed by atoms with Gasteiger partial charge in [-0.05, 0) is 24.6 Å². The number of hydrogen-bond donors (Lipinski definition) is 1. The van der Waals surface area contributed by atoms with Crippen molar-refractivity contribution in [2.75, 3.05) is 13.2 Å². The van der Waals surface area contributed by atoms with Gasteiger partial charge in [-0.25, -0.2) is 0 Å². The SMILES string of the molecule is CCCCOP(=S)(S)OCCCC.S.S.S.S. The number of thiol groups is 1. The summed E-state index contributed by atoms with van der Waals surface area (Å²) in [6.07, 6.45) is 4.27. The average Bonchev–Trinajstić information content (AvgIpc) is 2.05. The van der Waals surface area contributed by atoms with Crippen LogP contribution in [-0.4, -0.2) is 13.2 Å². The third-order valence-electron chi connectivity index (χ3n) is 1.50. The first-order chi connectivity index (χ1) is 6.12. The second-order valence-electron chi connectivity index (χ2n) is 2.84. The number of unbranched alkanes of at least 4 members (excludes halogenated alkanes) is 2. The van der Waals surface area contributed by atoms with Crippen LogP contribution in [0, 0.1) is 0 Å². The molecule has 0 aromatic carbocycles. The van der Waals surface area contributed by atoms with Crippen LogP contribution in [0.15, 0.2) is 0 Å².